The fourth-order valence-electron chi connectivity index (χ4n) is 5.69. The maximum absolute atomic E-state index is 14.0. The Hall–Kier alpha value is -4.18. The maximum atomic E-state index is 14.0. The van der Waals surface area contributed by atoms with Crippen molar-refractivity contribution < 1.29 is 9.59 Å². The van der Waals surface area contributed by atoms with Gasteiger partial charge in [0.05, 0.1) is 29.6 Å². The van der Waals surface area contributed by atoms with Crippen molar-refractivity contribution >= 4 is 23.2 Å². The second-order valence-corrected chi connectivity index (χ2v) is 8.85. The second-order valence-electron chi connectivity index (χ2n) is 8.85. The molecule has 2 saturated heterocycles. The van der Waals surface area contributed by atoms with Crippen molar-refractivity contribution in [2.24, 2.45) is 11.8 Å². The number of amides is 2. The Morgan fingerprint density at radius 2 is 0.794 bits per heavy atom. The molecule has 166 valence electrons. The molecule has 4 atom stereocenters. The summed E-state index contributed by atoms with van der Waals surface area (Å²) in [6, 6.07) is 39.1. The number of imide groups is 1. The summed E-state index contributed by atoms with van der Waals surface area (Å²) in [5.41, 5.74) is 3.72. The molecule has 2 amide bonds. The van der Waals surface area contributed by atoms with E-state index >= 15 is 0 Å². The van der Waals surface area contributed by atoms with E-state index in [-0.39, 0.29) is 23.9 Å². The van der Waals surface area contributed by atoms with Crippen LogP contribution in [0.4, 0.5) is 11.4 Å². The molecule has 2 aliphatic rings. The summed E-state index contributed by atoms with van der Waals surface area (Å²) in [6.07, 6.45) is 0. The van der Waals surface area contributed by atoms with Gasteiger partial charge in [-0.3, -0.25) is 9.59 Å². The summed E-state index contributed by atoms with van der Waals surface area (Å²) in [5.74, 6) is -1.23. The van der Waals surface area contributed by atoms with E-state index in [1.807, 2.05) is 84.9 Å². The van der Waals surface area contributed by atoms with Crippen molar-refractivity contribution in [1.29, 1.82) is 0 Å². The first-order valence-corrected chi connectivity index (χ1v) is 11.6. The van der Waals surface area contributed by atoms with Gasteiger partial charge in [-0.05, 0) is 35.4 Å². The average molecular weight is 445 g/mol. The Balaban J connectivity index is 1.57. The predicted octanol–water partition coefficient (Wildman–Crippen LogP) is 5.80. The third-order valence-corrected chi connectivity index (χ3v) is 7.03. The minimum absolute atomic E-state index is 0.130. The number of para-hydroxylation sites is 2. The number of fused-ring (bicyclic) bond motifs is 1. The molecule has 0 bridgehead atoms. The maximum Gasteiger partial charge on any atom is 0.240 e. The average Bonchev–Trinajstić information content (AvgIpc) is 3.39. The van der Waals surface area contributed by atoms with Gasteiger partial charge < -0.3 is 4.90 Å². The third-order valence-electron chi connectivity index (χ3n) is 7.03. The Morgan fingerprint density at radius 1 is 0.441 bits per heavy atom. The normalized spacial score (nSPS) is 23.9. The van der Waals surface area contributed by atoms with Crippen molar-refractivity contribution in [3.05, 3.63) is 132 Å². The van der Waals surface area contributed by atoms with Crippen LogP contribution in [0.2, 0.25) is 0 Å². The summed E-state index contributed by atoms with van der Waals surface area (Å²) in [4.78, 5) is 31.7. The molecule has 0 aliphatic carbocycles. The molecule has 34 heavy (non-hydrogen) atoms. The summed E-state index contributed by atoms with van der Waals surface area (Å²) >= 11 is 0. The molecule has 0 saturated carbocycles. The van der Waals surface area contributed by atoms with Crippen LogP contribution >= 0.6 is 0 Å². The number of nitrogens with zero attached hydrogens (tertiary/aromatic N) is 2. The van der Waals surface area contributed by atoms with Gasteiger partial charge in [0.1, 0.15) is 0 Å². The molecule has 0 spiro atoms. The fourth-order valence-corrected chi connectivity index (χ4v) is 5.69. The summed E-state index contributed by atoms with van der Waals surface area (Å²) in [7, 11) is 0. The van der Waals surface area contributed by atoms with Crippen LogP contribution in [0.3, 0.4) is 0 Å². The Kier molecular flexibility index (Phi) is 4.99. The first kappa shape index (κ1) is 20.4. The summed E-state index contributed by atoms with van der Waals surface area (Å²) in [6.45, 7) is 0. The molecule has 4 unspecified atom stereocenters. The van der Waals surface area contributed by atoms with E-state index in [0.717, 1.165) is 16.8 Å². The van der Waals surface area contributed by atoms with Gasteiger partial charge in [-0.15, -0.1) is 0 Å². The zero-order valence-corrected chi connectivity index (χ0v) is 18.6. The van der Waals surface area contributed by atoms with E-state index in [1.165, 1.54) is 4.90 Å². The molecule has 0 radical (unpaired) electrons. The number of hydrogen-bond acceptors (Lipinski definition) is 3. The molecule has 2 heterocycles. The van der Waals surface area contributed by atoms with Gasteiger partial charge in [0.15, 0.2) is 0 Å². The van der Waals surface area contributed by atoms with Crippen molar-refractivity contribution in [3.8, 4) is 0 Å². The lowest BCUT2D eigenvalue weighted by atomic mass is 9.84. The lowest BCUT2D eigenvalue weighted by molar-refractivity contribution is -0.123. The zero-order chi connectivity index (χ0) is 23.1. The third kappa shape index (κ3) is 3.14. The van der Waals surface area contributed by atoms with Gasteiger partial charge >= 0.3 is 0 Å². The highest BCUT2D eigenvalue weighted by atomic mass is 16.2. The van der Waals surface area contributed by atoms with E-state index in [2.05, 4.69) is 41.3 Å². The monoisotopic (exact) mass is 444 g/mol. The molecule has 6 rings (SSSR count). The molecule has 0 N–H and O–H groups in total. The van der Waals surface area contributed by atoms with Crippen LogP contribution in [-0.4, -0.2) is 11.8 Å². The first-order chi connectivity index (χ1) is 16.8. The quantitative estimate of drug-likeness (QED) is 0.374. The topological polar surface area (TPSA) is 40.6 Å². The van der Waals surface area contributed by atoms with Gasteiger partial charge in [0, 0.05) is 5.69 Å². The van der Waals surface area contributed by atoms with E-state index < -0.39 is 11.8 Å². The zero-order valence-electron chi connectivity index (χ0n) is 18.6. The van der Waals surface area contributed by atoms with Crippen LogP contribution in [-0.2, 0) is 9.59 Å². The van der Waals surface area contributed by atoms with Gasteiger partial charge in [0.2, 0.25) is 11.8 Å². The van der Waals surface area contributed by atoms with Gasteiger partial charge in [-0.2, -0.15) is 0 Å². The lowest BCUT2D eigenvalue weighted by Crippen LogP contribution is -2.38. The van der Waals surface area contributed by atoms with Crippen molar-refractivity contribution in [3.63, 3.8) is 0 Å². The number of carbonyl (C=O) groups excluding carboxylic acids is 2. The predicted molar refractivity (Wildman–Crippen MR) is 133 cm³/mol. The largest absolute Gasteiger partial charge is 0.356 e. The smallest absolute Gasteiger partial charge is 0.240 e. The molecular weight excluding hydrogens is 420 g/mol. The van der Waals surface area contributed by atoms with Crippen molar-refractivity contribution in [1.82, 2.24) is 0 Å². The first-order valence-electron chi connectivity index (χ1n) is 11.6. The van der Waals surface area contributed by atoms with Crippen LogP contribution in [0.1, 0.15) is 23.2 Å². The van der Waals surface area contributed by atoms with Crippen LogP contribution in [0.25, 0.3) is 0 Å². The number of rotatable bonds is 4. The van der Waals surface area contributed by atoms with Gasteiger partial charge in [-0.25, -0.2) is 4.90 Å². The van der Waals surface area contributed by atoms with Crippen molar-refractivity contribution in [2.45, 2.75) is 12.1 Å². The standard InChI is InChI=1S/C30H24N2O2/c33-29-25-26(30(34)32(29)24-19-11-4-12-20-24)28(22-15-7-2-8-16-22)31(23-17-9-3-10-18-23)27(25)21-13-5-1-6-14-21/h1-20,25-28H. The Labute approximate surface area is 199 Å². The lowest BCUT2D eigenvalue weighted by Gasteiger charge is -2.36. The van der Waals surface area contributed by atoms with Crippen LogP contribution in [0.5, 0.6) is 0 Å². The van der Waals surface area contributed by atoms with Crippen LogP contribution in [0, 0.1) is 11.8 Å². The molecule has 2 fully saturated rings. The minimum Gasteiger partial charge on any atom is -0.356 e. The number of carbonyl (C=O) groups is 2. The molecule has 4 aromatic rings. The number of benzene rings is 4. The summed E-state index contributed by atoms with van der Waals surface area (Å²) < 4.78 is 0. The highest BCUT2D eigenvalue weighted by molar-refractivity contribution is 6.23. The molecule has 4 nitrogen and oxygen atoms in total. The molecule has 4 aromatic carbocycles. The van der Waals surface area contributed by atoms with E-state index in [1.54, 1.807) is 0 Å². The molecule has 4 heteroatoms. The molecule has 0 aromatic heterocycles. The molecular formula is C30H24N2O2. The van der Waals surface area contributed by atoms with Gasteiger partial charge in [-0.1, -0.05) is 97.1 Å². The second kappa shape index (κ2) is 8.31. The van der Waals surface area contributed by atoms with E-state index in [0.29, 0.717) is 5.69 Å². The minimum atomic E-state index is -0.486. The highest BCUT2D eigenvalue weighted by Gasteiger charge is 2.63. The van der Waals surface area contributed by atoms with Crippen LogP contribution < -0.4 is 9.80 Å². The highest BCUT2D eigenvalue weighted by Crippen LogP contribution is 2.57. The van der Waals surface area contributed by atoms with E-state index in [9.17, 15) is 9.59 Å². The van der Waals surface area contributed by atoms with Gasteiger partial charge in [0.25, 0.3) is 0 Å². The summed E-state index contributed by atoms with van der Waals surface area (Å²) in [5, 5.41) is 0. The molecule has 2 aliphatic heterocycles. The Morgan fingerprint density at radius 3 is 1.21 bits per heavy atom. The van der Waals surface area contributed by atoms with E-state index in [4.69, 9.17) is 0 Å². The Bertz CT molecular complexity index is 1240. The fraction of sp³-hybridized carbons (Fsp3) is 0.133. The number of anilines is 2. The SMILES string of the molecule is O=C1C2C(C(=O)N1c1ccccc1)C(c1ccccc1)N(c1ccccc1)C2c1ccccc1. The number of hydrogen-bond donors (Lipinski definition) is 0. The van der Waals surface area contributed by atoms with Crippen LogP contribution in [0.15, 0.2) is 121 Å². The van der Waals surface area contributed by atoms with Crippen molar-refractivity contribution in [2.75, 3.05) is 9.80 Å².